The highest BCUT2D eigenvalue weighted by atomic mass is 35.5. The van der Waals surface area contributed by atoms with Crippen molar-refractivity contribution < 1.29 is 4.74 Å². The van der Waals surface area contributed by atoms with Crippen LogP contribution in [0.2, 0.25) is 0 Å². The minimum absolute atomic E-state index is 0.0912. The van der Waals surface area contributed by atoms with Gasteiger partial charge in [-0.05, 0) is 30.3 Å². The Hall–Kier alpha value is -1.26. The van der Waals surface area contributed by atoms with Crippen LogP contribution in [0.1, 0.15) is 24.0 Å². The molecule has 1 heterocycles. The summed E-state index contributed by atoms with van der Waals surface area (Å²) >= 11 is 13.5. The molecule has 0 aromatic heterocycles. The molecule has 0 amide bonds. The Morgan fingerprint density at radius 1 is 0.964 bits per heavy atom. The van der Waals surface area contributed by atoms with Gasteiger partial charge in [-0.2, -0.15) is 0 Å². The zero-order valence-electron chi connectivity index (χ0n) is 16.6. The van der Waals surface area contributed by atoms with Gasteiger partial charge in [0, 0.05) is 44.1 Å². The van der Waals surface area contributed by atoms with E-state index in [9.17, 15) is 0 Å². The van der Waals surface area contributed by atoms with Gasteiger partial charge in [-0.3, -0.25) is 4.90 Å². The van der Waals surface area contributed by atoms with Crippen LogP contribution in [0.3, 0.4) is 0 Å². The summed E-state index contributed by atoms with van der Waals surface area (Å²) in [5.41, 5.74) is 2.04. The Kier molecular flexibility index (Phi) is 5.63. The molecule has 2 aromatic carbocycles. The lowest BCUT2D eigenvalue weighted by atomic mass is 9.93. The molecule has 2 fully saturated rings. The molecule has 1 saturated carbocycles. The van der Waals surface area contributed by atoms with Gasteiger partial charge in [0.05, 0.1) is 0 Å². The molecule has 0 spiro atoms. The van der Waals surface area contributed by atoms with Gasteiger partial charge in [-0.1, -0.05) is 72.6 Å². The Balaban J connectivity index is 1.37. The second-order valence-corrected chi connectivity index (χ2v) is 9.57. The van der Waals surface area contributed by atoms with Crippen LogP contribution in [-0.4, -0.2) is 60.5 Å². The molecular weight excluding hydrogens is 391 g/mol. The van der Waals surface area contributed by atoms with E-state index in [1.54, 1.807) is 0 Å². The maximum absolute atomic E-state index is 6.73. The molecule has 1 saturated heterocycles. The molecule has 5 heteroatoms. The van der Waals surface area contributed by atoms with Gasteiger partial charge in [0.2, 0.25) is 0 Å². The maximum Gasteiger partial charge on any atom is 0.136 e. The predicted molar refractivity (Wildman–Crippen MR) is 117 cm³/mol. The van der Waals surface area contributed by atoms with Gasteiger partial charge in [0.25, 0.3) is 0 Å². The molecule has 0 radical (unpaired) electrons. The van der Waals surface area contributed by atoms with Crippen LogP contribution in [0.4, 0.5) is 0 Å². The standard InChI is InChI=1S/C23H28Cl2N2O/c1-22(21(23(22,24)25)18-6-4-3-5-7-18)19-8-10-20(11-9-19)28-17-16-27-14-12-26(2)13-15-27/h3-11,21H,12-17H2,1-2H3. The number of piperazine rings is 1. The number of hydrogen-bond donors (Lipinski definition) is 0. The fourth-order valence-corrected chi connectivity index (χ4v) is 5.36. The lowest BCUT2D eigenvalue weighted by Gasteiger charge is -2.32. The molecule has 0 N–H and O–H groups in total. The van der Waals surface area contributed by atoms with Crippen molar-refractivity contribution in [1.29, 1.82) is 0 Å². The van der Waals surface area contributed by atoms with Crippen molar-refractivity contribution in [2.45, 2.75) is 22.6 Å². The summed E-state index contributed by atoms with van der Waals surface area (Å²) in [5.74, 6) is 0.988. The SMILES string of the molecule is CN1CCN(CCOc2ccc(C3(C)C(c4ccccc4)C3(Cl)Cl)cc2)CC1. The molecule has 4 rings (SSSR count). The summed E-state index contributed by atoms with van der Waals surface area (Å²) in [7, 11) is 2.18. The molecule has 28 heavy (non-hydrogen) atoms. The minimum Gasteiger partial charge on any atom is -0.492 e. The first-order chi connectivity index (χ1) is 13.4. The maximum atomic E-state index is 6.73. The summed E-state index contributed by atoms with van der Waals surface area (Å²) in [6, 6.07) is 18.6. The lowest BCUT2D eigenvalue weighted by Crippen LogP contribution is -2.45. The zero-order chi connectivity index (χ0) is 19.8. The first kappa shape index (κ1) is 20.0. The Bertz CT molecular complexity index is 788. The van der Waals surface area contributed by atoms with Gasteiger partial charge in [-0.25, -0.2) is 0 Å². The van der Waals surface area contributed by atoms with E-state index in [1.807, 2.05) is 30.3 Å². The minimum atomic E-state index is -0.794. The van der Waals surface area contributed by atoms with Crippen molar-refractivity contribution in [2.75, 3.05) is 46.4 Å². The van der Waals surface area contributed by atoms with E-state index < -0.39 is 4.33 Å². The number of benzene rings is 2. The van der Waals surface area contributed by atoms with E-state index in [4.69, 9.17) is 27.9 Å². The van der Waals surface area contributed by atoms with Crippen molar-refractivity contribution >= 4 is 23.2 Å². The van der Waals surface area contributed by atoms with E-state index >= 15 is 0 Å². The zero-order valence-corrected chi connectivity index (χ0v) is 18.1. The molecule has 1 aliphatic carbocycles. The monoisotopic (exact) mass is 418 g/mol. The highest BCUT2D eigenvalue weighted by Gasteiger charge is 2.74. The van der Waals surface area contributed by atoms with E-state index in [0.29, 0.717) is 6.61 Å². The molecule has 0 bridgehead atoms. The van der Waals surface area contributed by atoms with Crippen LogP contribution in [0.5, 0.6) is 5.75 Å². The number of alkyl halides is 2. The smallest absolute Gasteiger partial charge is 0.136 e. The molecule has 2 unspecified atom stereocenters. The van der Waals surface area contributed by atoms with Gasteiger partial charge in [0.15, 0.2) is 0 Å². The van der Waals surface area contributed by atoms with Gasteiger partial charge in [-0.15, -0.1) is 0 Å². The largest absolute Gasteiger partial charge is 0.492 e. The van der Waals surface area contributed by atoms with Crippen LogP contribution in [-0.2, 0) is 5.41 Å². The predicted octanol–water partition coefficient (Wildman–Crippen LogP) is 4.54. The molecule has 3 nitrogen and oxygen atoms in total. The van der Waals surface area contributed by atoms with Gasteiger partial charge in [0.1, 0.15) is 16.7 Å². The fourth-order valence-electron chi connectivity index (χ4n) is 4.34. The quantitative estimate of drug-likeness (QED) is 0.640. The Morgan fingerprint density at radius 2 is 1.61 bits per heavy atom. The fraction of sp³-hybridized carbons (Fsp3) is 0.478. The molecule has 1 aliphatic heterocycles. The van der Waals surface area contributed by atoms with E-state index in [0.717, 1.165) is 44.0 Å². The molecule has 150 valence electrons. The molecule has 2 aliphatic rings. The third-order valence-electron chi connectivity index (χ3n) is 6.41. The highest BCUT2D eigenvalue weighted by molar-refractivity contribution is 6.53. The Morgan fingerprint density at radius 3 is 2.25 bits per heavy atom. The highest BCUT2D eigenvalue weighted by Crippen LogP contribution is 2.74. The number of hydrogen-bond acceptors (Lipinski definition) is 3. The van der Waals surface area contributed by atoms with Gasteiger partial charge < -0.3 is 9.64 Å². The summed E-state index contributed by atoms with van der Waals surface area (Å²) in [4.78, 5) is 4.82. The molecular formula is C23H28Cl2N2O. The number of nitrogens with zero attached hydrogens (tertiary/aromatic N) is 2. The first-order valence-corrected chi connectivity index (χ1v) is 10.8. The third kappa shape index (κ3) is 3.66. The molecule has 2 aromatic rings. The van der Waals surface area contributed by atoms with Crippen LogP contribution in [0, 0.1) is 0 Å². The third-order valence-corrected chi connectivity index (χ3v) is 7.63. The normalized spacial score (nSPS) is 27.5. The number of rotatable bonds is 6. The van der Waals surface area contributed by atoms with Crippen molar-refractivity contribution in [2.24, 2.45) is 0 Å². The second kappa shape index (κ2) is 7.87. The van der Waals surface area contributed by atoms with Crippen molar-refractivity contribution in [1.82, 2.24) is 9.80 Å². The average Bonchev–Trinajstić information content (AvgIpc) is 3.17. The number of ether oxygens (including phenoxy) is 1. The van der Waals surface area contributed by atoms with Crippen LogP contribution in [0.25, 0.3) is 0 Å². The summed E-state index contributed by atoms with van der Waals surface area (Å²) in [6.45, 7) is 8.33. The first-order valence-electron chi connectivity index (χ1n) is 10.00. The van der Waals surface area contributed by atoms with Crippen LogP contribution < -0.4 is 4.74 Å². The van der Waals surface area contributed by atoms with E-state index in [2.05, 4.69) is 48.0 Å². The van der Waals surface area contributed by atoms with E-state index in [1.165, 1.54) is 5.56 Å². The number of likely N-dealkylation sites (N-methyl/N-ethyl adjacent to an activating group) is 1. The van der Waals surface area contributed by atoms with Crippen molar-refractivity contribution in [3.63, 3.8) is 0 Å². The lowest BCUT2D eigenvalue weighted by molar-refractivity contribution is 0.133. The topological polar surface area (TPSA) is 15.7 Å². The van der Waals surface area contributed by atoms with Crippen molar-refractivity contribution in [3.05, 3.63) is 65.7 Å². The van der Waals surface area contributed by atoms with Crippen molar-refractivity contribution in [3.8, 4) is 5.75 Å². The average molecular weight is 419 g/mol. The van der Waals surface area contributed by atoms with Gasteiger partial charge >= 0.3 is 0 Å². The second-order valence-electron chi connectivity index (χ2n) is 8.19. The summed E-state index contributed by atoms with van der Waals surface area (Å²) in [6.07, 6.45) is 0. The van der Waals surface area contributed by atoms with Crippen LogP contribution in [0.15, 0.2) is 54.6 Å². The van der Waals surface area contributed by atoms with Crippen LogP contribution >= 0.6 is 23.2 Å². The molecule has 2 atom stereocenters. The van der Waals surface area contributed by atoms with E-state index in [-0.39, 0.29) is 11.3 Å². The number of halogens is 2. The summed E-state index contributed by atoms with van der Waals surface area (Å²) in [5, 5.41) is 0. The Labute approximate surface area is 178 Å². The summed E-state index contributed by atoms with van der Waals surface area (Å²) < 4.78 is 5.17.